The van der Waals surface area contributed by atoms with Gasteiger partial charge in [0.15, 0.2) is 0 Å². The molecule has 24 heavy (non-hydrogen) atoms. The van der Waals surface area contributed by atoms with Crippen molar-refractivity contribution in [1.82, 2.24) is 0 Å². The zero-order valence-corrected chi connectivity index (χ0v) is 11.8. The summed E-state index contributed by atoms with van der Waals surface area (Å²) in [6.45, 7) is 0. The quantitative estimate of drug-likeness (QED) is 0.423. The molecular weight excluding hydrogens is 320 g/mol. The van der Waals surface area contributed by atoms with E-state index in [2.05, 4.69) is 5.16 Å². The van der Waals surface area contributed by atoms with E-state index in [9.17, 15) is 30.2 Å². The molecule has 2 aromatic rings. The molecule has 2 aromatic carbocycles. The molecule has 0 aliphatic heterocycles. The van der Waals surface area contributed by atoms with Crippen LogP contribution in [0.1, 0.15) is 21.5 Å². The van der Waals surface area contributed by atoms with Gasteiger partial charge in [-0.05, 0) is 11.6 Å². The van der Waals surface area contributed by atoms with E-state index in [4.69, 9.17) is 5.73 Å². The summed E-state index contributed by atoms with van der Waals surface area (Å²) in [5.74, 6) is -0.904. The number of oxime groups is 1. The number of benzene rings is 2. The fourth-order valence-corrected chi connectivity index (χ4v) is 2.72. The molecule has 0 heterocycles. The van der Waals surface area contributed by atoms with Crippen molar-refractivity contribution in [2.24, 2.45) is 10.9 Å². The van der Waals surface area contributed by atoms with Crippen molar-refractivity contribution >= 4 is 23.0 Å². The highest BCUT2D eigenvalue weighted by atomic mass is 16.6. The molecule has 0 fully saturated rings. The second-order valence-electron chi connectivity index (χ2n) is 4.97. The van der Waals surface area contributed by atoms with E-state index in [0.717, 1.165) is 12.1 Å². The summed E-state index contributed by atoms with van der Waals surface area (Å²) in [5.41, 5.74) is 5.31. The average Bonchev–Trinajstić information content (AvgIpc) is 2.86. The van der Waals surface area contributed by atoms with Gasteiger partial charge in [0.1, 0.15) is 5.71 Å². The fraction of sp³-hybridized carbons (Fsp3) is 0. The first-order valence-corrected chi connectivity index (χ1v) is 6.49. The molecule has 0 saturated carbocycles. The van der Waals surface area contributed by atoms with E-state index >= 15 is 0 Å². The minimum atomic E-state index is -0.904. The summed E-state index contributed by atoms with van der Waals surface area (Å²) in [4.78, 5) is 32.3. The third-order valence-electron chi connectivity index (χ3n) is 3.69. The number of nitro benzene ring substituents is 2. The van der Waals surface area contributed by atoms with E-state index in [1.165, 1.54) is 18.2 Å². The van der Waals surface area contributed by atoms with Crippen LogP contribution in [-0.4, -0.2) is 26.7 Å². The fourth-order valence-electron chi connectivity index (χ4n) is 2.72. The van der Waals surface area contributed by atoms with Crippen LogP contribution in [0.25, 0.3) is 11.1 Å². The number of nitrogens with two attached hydrogens (primary N) is 1. The molecule has 3 rings (SSSR count). The Labute approximate surface area is 133 Å². The zero-order valence-electron chi connectivity index (χ0n) is 11.8. The van der Waals surface area contributed by atoms with Gasteiger partial charge in [-0.1, -0.05) is 5.16 Å². The standard InChI is InChI=1S/C14H8N4O6/c15-14(19)11-5-7(18(23)24)4-10-12(11)8-2-1-6(17(21)22)3-9(8)13(10)16-20/h1-5,20H,(H2,15,19)/b16-13-. The Kier molecular flexibility index (Phi) is 3.22. The lowest BCUT2D eigenvalue weighted by Crippen LogP contribution is -2.13. The van der Waals surface area contributed by atoms with Gasteiger partial charge in [0.2, 0.25) is 5.91 Å². The van der Waals surface area contributed by atoms with Gasteiger partial charge in [0.05, 0.1) is 15.4 Å². The van der Waals surface area contributed by atoms with Crippen LogP contribution < -0.4 is 5.73 Å². The lowest BCUT2D eigenvalue weighted by molar-refractivity contribution is -0.385. The number of rotatable bonds is 3. The number of nitrogens with zero attached hydrogens (tertiary/aromatic N) is 3. The van der Waals surface area contributed by atoms with Gasteiger partial charge < -0.3 is 10.9 Å². The van der Waals surface area contributed by atoms with Crippen molar-refractivity contribution in [3.05, 3.63) is 67.3 Å². The maximum absolute atomic E-state index is 11.7. The van der Waals surface area contributed by atoms with Crippen LogP contribution in [0.3, 0.4) is 0 Å². The van der Waals surface area contributed by atoms with E-state index in [1.807, 2.05) is 0 Å². The SMILES string of the molecule is NC(=O)c1cc([N+](=O)[O-])cc2c1-c1ccc([N+](=O)[O-])cc1/C2=N/O. The molecule has 0 saturated heterocycles. The molecule has 1 aliphatic rings. The van der Waals surface area contributed by atoms with Gasteiger partial charge in [-0.15, -0.1) is 0 Å². The lowest BCUT2D eigenvalue weighted by atomic mass is 9.98. The highest BCUT2D eigenvalue weighted by Gasteiger charge is 2.33. The molecular formula is C14H8N4O6. The van der Waals surface area contributed by atoms with Crippen molar-refractivity contribution in [2.75, 3.05) is 0 Å². The Morgan fingerprint density at radius 1 is 1.00 bits per heavy atom. The van der Waals surface area contributed by atoms with Crippen LogP contribution in [0.4, 0.5) is 11.4 Å². The van der Waals surface area contributed by atoms with Crippen molar-refractivity contribution in [2.45, 2.75) is 0 Å². The Bertz CT molecular complexity index is 966. The molecule has 1 amide bonds. The second-order valence-corrected chi connectivity index (χ2v) is 4.97. The summed E-state index contributed by atoms with van der Waals surface area (Å²) in [6, 6.07) is 5.91. The van der Waals surface area contributed by atoms with Crippen molar-refractivity contribution < 1.29 is 19.8 Å². The molecule has 120 valence electrons. The predicted molar refractivity (Wildman–Crippen MR) is 81.1 cm³/mol. The number of nitro groups is 2. The monoisotopic (exact) mass is 328 g/mol. The van der Waals surface area contributed by atoms with E-state index < -0.39 is 21.4 Å². The number of hydrogen-bond acceptors (Lipinski definition) is 7. The number of carbonyl (C=O) groups is 1. The molecule has 0 radical (unpaired) electrons. The highest BCUT2D eigenvalue weighted by Crippen LogP contribution is 2.42. The third kappa shape index (κ3) is 2.05. The first kappa shape index (κ1) is 15.1. The molecule has 0 spiro atoms. The minimum Gasteiger partial charge on any atom is -0.410 e. The van der Waals surface area contributed by atoms with Gasteiger partial charge in [0.25, 0.3) is 11.4 Å². The van der Waals surface area contributed by atoms with Crippen LogP contribution in [-0.2, 0) is 0 Å². The molecule has 0 bridgehead atoms. The first-order chi connectivity index (χ1) is 11.3. The van der Waals surface area contributed by atoms with Crippen molar-refractivity contribution in [1.29, 1.82) is 0 Å². The molecule has 0 unspecified atom stereocenters. The minimum absolute atomic E-state index is 0.102. The van der Waals surface area contributed by atoms with E-state index in [1.54, 1.807) is 0 Å². The van der Waals surface area contributed by atoms with E-state index in [0.29, 0.717) is 5.56 Å². The first-order valence-electron chi connectivity index (χ1n) is 6.49. The Balaban J connectivity index is 2.39. The summed E-state index contributed by atoms with van der Waals surface area (Å²) in [6.07, 6.45) is 0. The average molecular weight is 328 g/mol. The third-order valence-corrected chi connectivity index (χ3v) is 3.69. The predicted octanol–water partition coefficient (Wildman–Crippen LogP) is 1.81. The normalized spacial score (nSPS) is 13.4. The van der Waals surface area contributed by atoms with Crippen LogP contribution in [0, 0.1) is 20.2 Å². The maximum atomic E-state index is 11.7. The van der Waals surface area contributed by atoms with Crippen LogP contribution in [0.2, 0.25) is 0 Å². The maximum Gasteiger partial charge on any atom is 0.270 e. The lowest BCUT2D eigenvalue weighted by Gasteiger charge is -2.06. The molecule has 0 atom stereocenters. The largest absolute Gasteiger partial charge is 0.410 e. The number of primary amides is 1. The van der Waals surface area contributed by atoms with Crippen LogP contribution in [0.5, 0.6) is 0 Å². The number of carbonyl (C=O) groups excluding carboxylic acids is 1. The van der Waals surface area contributed by atoms with Crippen molar-refractivity contribution in [3.8, 4) is 11.1 Å². The number of amides is 1. The zero-order chi connectivity index (χ0) is 17.6. The smallest absolute Gasteiger partial charge is 0.270 e. The van der Waals surface area contributed by atoms with Gasteiger partial charge in [-0.25, -0.2) is 0 Å². The summed E-state index contributed by atoms with van der Waals surface area (Å²) >= 11 is 0. The molecule has 3 N–H and O–H groups in total. The van der Waals surface area contributed by atoms with Gasteiger partial charge in [0, 0.05) is 41.0 Å². The number of non-ortho nitro benzene ring substituents is 2. The van der Waals surface area contributed by atoms with Gasteiger partial charge in [-0.2, -0.15) is 0 Å². The molecule has 10 nitrogen and oxygen atoms in total. The van der Waals surface area contributed by atoms with Crippen molar-refractivity contribution in [3.63, 3.8) is 0 Å². The van der Waals surface area contributed by atoms with E-state index in [-0.39, 0.29) is 33.7 Å². The molecule has 10 heteroatoms. The van der Waals surface area contributed by atoms with Gasteiger partial charge >= 0.3 is 0 Å². The molecule has 1 aliphatic carbocycles. The Morgan fingerprint density at radius 2 is 1.62 bits per heavy atom. The Morgan fingerprint density at radius 3 is 2.17 bits per heavy atom. The number of fused-ring (bicyclic) bond motifs is 3. The highest BCUT2D eigenvalue weighted by molar-refractivity contribution is 6.27. The Hall–Kier alpha value is -3.82. The van der Waals surface area contributed by atoms with Crippen LogP contribution >= 0.6 is 0 Å². The van der Waals surface area contributed by atoms with Crippen LogP contribution in [0.15, 0.2) is 35.5 Å². The molecule has 0 aromatic heterocycles. The summed E-state index contributed by atoms with van der Waals surface area (Å²) in [7, 11) is 0. The summed E-state index contributed by atoms with van der Waals surface area (Å²) < 4.78 is 0. The summed E-state index contributed by atoms with van der Waals surface area (Å²) in [5, 5.41) is 34.3. The number of hydrogen-bond donors (Lipinski definition) is 2. The second kappa shape index (κ2) is 5.12. The van der Waals surface area contributed by atoms with Gasteiger partial charge in [-0.3, -0.25) is 25.0 Å². The topological polar surface area (TPSA) is 162 Å².